The van der Waals surface area contributed by atoms with Gasteiger partial charge in [-0.25, -0.2) is 0 Å². The minimum Gasteiger partial charge on any atom is -0.456 e. The number of rotatable bonds is 8. The average molecular weight is 983 g/mol. The molecule has 360 valence electrons. The van der Waals surface area contributed by atoms with Gasteiger partial charge in [0.2, 0.25) is 0 Å². The molecular weight excluding hydrogens is 937 g/mol. The molecule has 0 saturated carbocycles. The van der Waals surface area contributed by atoms with Gasteiger partial charge < -0.3 is 18.6 Å². The molecule has 2 aliphatic rings. The van der Waals surface area contributed by atoms with Crippen molar-refractivity contribution in [1.82, 2.24) is 0 Å². The Balaban J connectivity index is 0.925. The van der Waals surface area contributed by atoms with Crippen LogP contribution in [0.25, 0.3) is 88.4 Å². The van der Waals surface area contributed by atoms with E-state index in [4.69, 9.17) is 8.83 Å². The van der Waals surface area contributed by atoms with Crippen LogP contribution in [0.3, 0.4) is 0 Å². The third-order valence-electron chi connectivity index (χ3n) is 16.3. The molecule has 0 aliphatic heterocycles. The van der Waals surface area contributed by atoms with E-state index in [-0.39, 0.29) is 0 Å². The Labute approximate surface area is 445 Å². The quantitative estimate of drug-likeness (QED) is 0.152. The molecule has 4 nitrogen and oxygen atoms in total. The van der Waals surface area contributed by atoms with Gasteiger partial charge in [-0.2, -0.15) is 0 Å². The average Bonchev–Trinajstić information content (AvgIpc) is 3.99. The van der Waals surface area contributed by atoms with Gasteiger partial charge in [-0.3, -0.25) is 0 Å². The van der Waals surface area contributed by atoms with Crippen molar-refractivity contribution in [2.24, 2.45) is 0 Å². The van der Waals surface area contributed by atoms with Crippen LogP contribution in [0.1, 0.15) is 22.3 Å². The van der Waals surface area contributed by atoms with Crippen LogP contribution in [0.2, 0.25) is 0 Å². The smallest absolute Gasteiger partial charge is 0.137 e. The molecule has 0 radical (unpaired) electrons. The predicted octanol–water partition coefficient (Wildman–Crippen LogP) is 20.1. The number of fused-ring (bicyclic) bond motifs is 16. The Morgan fingerprint density at radius 2 is 0.545 bits per heavy atom. The van der Waals surface area contributed by atoms with E-state index < -0.39 is 5.41 Å². The fraction of sp³-hybridized carbons (Fsp3) is 0.0137. The van der Waals surface area contributed by atoms with Crippen LogP contribution in [0.4, 0.5) is 34.1 Å². The van der Waals surface area contributed by atoms with Crippen molar-refractivity contribution in [1.29, 1.82) is 0 Å². The minimum atomic E-state index is -0.556. The Kier molecular flexibility index (Phi) is 9.52. The van der Waals surface area contributed by atoms with Gasteiger partial charge in [-0.05, 0) is 152 Å². The van der Waals surface area contributed by atoms with Crippen molar-refractivity contribution in [2.45, 2.75) is 5.41 Å². The summed E-state index contributed by atoms with van der Waals surface area (Å²) in [6.07, 6.45) is 0. The Hall–Kier alpha value is -10.2. The SMILES string of the molecule is c1ccc(-c2ccc(N(c3ccc4c(c3)-c3cc(N(c5ccc(-c6ccccc6)cc5)c5ccc6c(c5)oc5ccccc56)ccc3C43c4ccccc4-c4ccccc43)c3ccc4c(c3)oc3ccccc34)cc2)cc1. The van der Waals surface area contributed by atoms with Gasteiger partial charge in [-0.1, -0.05) is 182 Å². The molecule has 0 unspecified atom stereocenters. The maximum absolute atomic E-state index is 6.58. The zero-order valence-electron chi connectivity index (χ0n) is 41.8. The van der Waals surface area contributed by atoms with Gasteiger partial charge in [-0.15, -0.1) is 0 Å². The topological polar surface area (TPSA) is 32.8 Å². The highest BCUT2D eigenvalue weighted by Crippen LogP contribution is 2.64. The third-order valence-corrected chi connectivity index (χ3v) is 16.3. The Morgan fingerprint density at radius 3 is 1.00 bits per heavy atom. The zero-order valence-corrected chi connectivity index (χ0v) is 41.8. The van der Waals surface area contributed by atoms with Crippen LogP contribution in [0.15, 0.2) is 288 Å². The highest BCUT2D eigenvalue weighted by Gasteiger charge is 2.52. The third kappa shape index (κ3) is 6.59. The van der Waals surface area contributed by atoms with Crippen molar-refractivity contribution in [2.75, 3.05) is 9.80 Å². The van der Waals surface area contributed by atoms with E-state index >= 15 is 0 Å². The summed E-state index contributed by atoms with van der Waals surface area (Å²) in [6, 6.07) is 101. The van der Waals surface area contributed by atoms with E-state index in [1.165, 1.54) is 55.6 Å². The van der Waals surface area contributed by atoms with Crippen molar-refractivity contribution < 1.29 is 8.83 Å². The first-order valence-electron chi connectivity index (χ1n) is 26.4. The van der Waals surface area contributed by atoms with Crippen molar-refractivity contribution in [3.63, 3.8) is 0 Å². The summed E-state index contributed by atoms with van der Waals surface area (Å²) in [6.45, 7) is 0. The minimum absolute atomic E-state index is 0.556. The number of hydrogen-bond donors (Lipinski definition) is 0. The van der Waals surface area contributed by atoms with Crippen LogP contribution in [0, 0.1) is 0 Å². The molecule has 0 fully saturated rings. The number of anilines is 6. The molecule has 0 N–H and O–H groups in total. The van der Waals surface area contributed by atoms with Crippen molar-refractivity contribution in [3.05, 3.63) is 301 Å². The molecule has 77 heavy (non-hydrogen) atoms. The fourth-order valence-corrected chi connectivity index (χ4v) is 12.9. The Bertz CT molecular complexity index is 4330. The monoisotopic (exact) mass is 982 g/mol. The van der Waals surface area contributed by atoms with Crippen LogP contribution >= 0.6 is 0 Å². The fourth-order valence-electron chi connectivity index (χ4n) is 12.9. The largest absolute Gasteiger partial charge is 0.456 e. The molecule has 0 saturated heterocycles. The summed E-state index contributed by atoms with van der Waals surface area (Å²) < 4.78 is 13.2. The van der Waals surface area contributed by atoms with E-state index in [9.17, 15) is 0 Å². The lowest BCUT2D eigenvalue weighted by Crippen LogP contribution is -2.26. The summed E-state index contributed by atoms with van der Waals surface area (Å²) in [7, 11) is 0. The molecule has 4 heteroatoms. The summed E-state index contributed by atoms with van der Waals surface area (Å²) in [5, 5.41) is 4.41. The van der Waals surface area contributed by atoms with E-state index in [0.29, 0.717) is 0 Å². The summed E-state index contributed by atoms with van der Waals surface area (Å²) in [4.78, 5) is 4.77. The van der Waals surface area contributed by atoms with Gasteiger partial charge in [0.05, 0.1) is 5.41 Å². The summed E-state index contributed by atoms with van der Waals surface area (Å²) in [5.41, 5.74) is 23.8. The molecule has 2 aromatic heterocycles. The van der Waals surface area contributed by atoms with Crippen LogP contribution in [-0.4, -0.2) is 0 Å². The predicted molar refractivity (Wildman–Crippen MR) is 318 cm³/mol. The molecule has 12 aromatic carbocycles. The number of nitrogens with zero attached hydrogens (tertiary/aromatic N) is 2. The highest BCUT2D eigenvalue weighted by molar-refractivity contribution is 6.08. The molecule has 2 aliphatic carbocycles. The van der Waals surface area contributed by atoms with Gasteiger partial charge in [0.1, 0.15) is 22.3 Å². The molecule has 1 spiro atoms. The lowest BCUT2D eigenvalue weighted by atomic mass is 9.70. The molecule has 14 aromatic rings. The van der Waals surface area contributed by atoms with E-state index in [0.717, 1.165) is 89.1 Å². The van der Waals surface area contributed by atoms with Gasteiger partial charge in [0.15, 0.2) is 0 Å². The first-order chi connectivity index (χ1) is 38.2. The second-order valence-corrected chi connectivity index (χ2v) is 20.4. The second-order valence-electron chi connectivity index (χ2n) is 20.4. The molecule has 0 bridgehead atoms. The van der Waals surface area contributed by atoms with Gasteiger partial charge in [0, 0.05) is 67.8 Å². The molecule has 0 atom stereocenters. The summed E-state index contributed by atoms with van der Waals surface area (Å²) in [5.74, 6) is 0. The van der Waals surface area contributed by atoms with E-state index in [1.807, 2.05) is 12.1 Å². The van der Waals surface area contributed by atoms with Crippen LogP contribution in [0.5, 0.6) is 0 Å². The number of para-hydroxylation sites is 2. The van der Waals surface area contributed by atoms with Crippen LogP contribution < -0.4 is 9.80 Å². The summed E-state index contributed by atoms with van der Waals surface area (Å²) >= 11 is 0. The number of hydrogen-bond acceptors (Lipinski definition) is 4. The Morgan fingerprint density at radius 1 is 0.221 bits per heavy atom. The zero-order chi connectivity index (χ0) is 50.6. The highest BCUT2D eigenvalue weighted by atomic mass is 16.3. The first-order valence-corrected chi connectivity index (χ1v) is 26.4. The normalized spacial score (nSPS) is 12.8. The molecule has 0 amide bonds. The van der Waals surface area contributed by atoms with Crippen LogP contribution in [-0.2, 0) is 5.41 Å². The lowest BCUT2D eigenvalue weighted by Gasteiger charge is -2.31. The molecular formula is C73H46N2O2. The van der Waals surface area contributed by atoms with Crippen molar-refractivity contribution in [3.8, 4) is 44.5 Å². The maximum Gasteiger partial charge on any atom is 0.137 e. The lowest BCUT2D eigenvalue weighted by molar-refractivity contribution is 0.668. The van der Waals surface area contributed by atoms with Gasteiger partial charge >= 0.3 is 0 Å². The molecule has 16 rings (SSSR count). The van der Waals surface area contributed by atoms with Gasteiger partial charge in [0.25, 0.3) is 0 Å². The first kappa shape index (κ1) is 43.3. The number of benzene rings is 12. The van der Waals surface area contributed by atoms with E-state index in [2.05, 4.69) is 277 Å². The van der Waals surface area contributed by atoms with E-state index in [1.54, 1.807) is 0 Å². The standard InChI is InChI=1S/C73H46N2O2/c1-3-15-47(16-4-1)49-27-31-51(32-28-49)74(55-35-39-61-59-21-9-13-25-69(59)76-71(61)45-55)53-37-41-67-63(43-53)64-44-54(38-42-68(64)73(67)65-23-11-7-19-57(65)58-20-8-12-24-66(58)73)75(52-33-29-50(30-34-52)48-17-5-2-6-18-48)56-36-40-62-60-22-10-14-26-70(60)77-72(62)46-56/h1-46H. The van der Waals surface area contributed by atoms with Crippen molar-refractivity contribution >= 4 is 78.0 Å². The second kappa shape index (κ2) is 16.9. The number of furan rings is 2. The maximum atomic E-state index is 6.58. The molecule has 2 heterocycles.